The van der Waals surface area contributed by atoms with Crippen LogP contribution in [0.1, 0.15) is 44.4 Å². The highest BCUT2D eigenvalue weighted by Gasteiger charge is 2.57. The quantitative estimate of drug-likeness (QED) is 0.794. The number of hydrogen-bond donors (Lipinski definition) is 0. The zero-order valence-corrected chi connectivity index (χ0v) is 14.8. The van der Waals surface area contributed by atoms with Crippen LogP contribution in [0, 0.1) is 5.41 Å². The van der Waals surface area contributed by atoms with Crippen LogP contribution in [0.2, 0.25) is 0 Å². The van der Waals surface area contributed by atoms with E-state index in [4.69, 9.17) is 18.6 Å². The van der Waals surface area contributed by atoms with Crippen LogP contribution in [0.15, 0.2) is 22.6 Å². The first-order chi connectivity index (χ1) is 12.3. The normalized spacial score (nSPS) is 21.3. The summed E-state index contributed by atoms with van der Waals surface area (Å²) >= 11 is 0. The lowest BCUT2D eigenvalue weighted by molar-refractivity contribution is 0.0547. The van der Waals surface area contributed by atoms with Gasteiger partial charge in [0.1, 0.15) is 0 Å². The molecule has 1 spiro atoms. The fourth-order valence-corrected chi connectivity index (χ4v) is 3.65. The zero-order chi connectivity index (χ0) is 17.3. The third-order valence-corrected chi connectivity index (χ3v) is 5.29. The average Bonchev–Trinajstić information content (AvgIpc) is 3.12. The van der Waals surface area contributed by atoms with Crippen molar-refractivity contribution in [1.29, 1.82) is 0 Å². The predicted molar refractivity (Wildman–Crippen MR) is 91.9 cm³/mol. The van der Waals surface area contributed by atoms with Crippen molar-refractivity contribution in [2.24, 2.45) is 5.41 Å². The van der Waals surface area contributed by atoms with Crippen molar-refractivity contribution in [3.63, 3.8) is 0 Å². The van der Waals surface area contributed by atoms with Crippen molar-refractivity contribution >= 4 is 0 Å². The second kappa shape index (κ2) is 6.67. The molecule has 25 heavy (non-hydrogen) atoms. The summed E-state index contributed by atoms with van der Waals surface area (Å²) in [7, 11) is 1.64. The number of ether oxygens (including phenoxy) is 3. The van der Waals surface area contributed by atoms with Crippen LogP contribution in [0.25, 0.3) is 11.5 Å². The molecule has 2 aromatic rings. The summed E-state index contributed by atoms with van der Waals surface area (Å²) in [5, 5.41) is 8.55. The Kier molecular flexibility index (Phi) is 4.37. The molecule has 1 atom stereocenters. The van der Waals surface area contributed by atoms with Gasteiger partial charge in [0.2, 0.25) is 11.8 Å². The standard InChI is InChI=1S/C19H24N2O4/c1-3-8-24-15-5-4-13(11-16(15)22-2)17-20-21-18(25-17)14-12-19(14)6-9-23-10-7-19/h4-5,11,14H,3,6-10,12H2,1-2H3. The molecule has 1 saturated heterocycles. The van der Waals surface area contributed by atoms with E-state index in [1.807, 2.05) is 18.2 Å². The molecule has 1 aliphatic carbocycles. The van der Waals surface area contributed by atoms with Gasteiger partial charge in [0.15, 0.2) is 11.5 Å². The average molecular weight is 344 g/mol. The molecule has 1 aromatic heterocycles. The highest BCUT2D eigenvalue weighted by Crippen LogP contribution is 2.64. The van der Waals surface area contributed by atoms with E-state index in [-0.39, 0.29) is 0 Å². The maximum atomic E-state index is 5.98. The van der Waals surface area contributed by atoms with E-state index < -0.39 is 0 Å². The molecule has 0 N–H and O–H groups in total. The van der Waals surface area contributed by atoms with Gasteiger partial charge in [-0.25, -0.2) is 0 Å². The van der Waals surface area contributed by atoms with Gasteiger partial charge in [0.05, 0.1) is 13.7 Å². The molecule has 0 radical (unpaired) electrons. The number of aromatic nitrogens is 2. The van der Waals surface area contributed by atoms with Gasteiger partial charge in [-0.15, -0.1) is 10.2 Å². The first-order valence-corrected chi connectivity index (χ1v) is 8.98. The Balaban J connectivity index is 1.52. The Morgan fingerprint density at radius 1 is 1.20 bits per heavy atom. The van der Waals surface area contributed by atoms with Gasteiger partial charge in [-0.05, 0) is 49.3 Å². The molecule has 0 bridgehead atoms. The third-order valence-electron chi connectivity index (χ3n) is 5.29. The second-order valence-corrected chi connectivity index (χ2v) is 6.89. The molecule has 1 unspecified atom stereocenters. The fourth-order valence-electron chi connectivity index (χ4n) is 3.65. The number of nitrogens with zero attached hydrogens (tertiary/aromatic N) is 2. The molecular weight excluding hydrogens is 320 g/mol. The highest BCUT2D eigenvalue weighted by molar-refractivity contribution is 5.59. The van der Waals surface area contributed by atoms with E-state index in [1.165, 1.54) is 0 Å². The molecule has 4 rings (SSSR count). The number of methoxy groups -OCH3 is 1. The Morgan fingerprint density at radius 3 is 2.80 bits per heavy atom. The molecular formula is C19H24N2O4. The van der Waals surface area contributed by atoms with E-state index in [2.05, 4.69) is 17.1 Å². The summed E-state index contributed by atoms with van der Waals surface area (Å²) < 4.78 is 22.6. The molecule has 2 aliphatic rings. The highest BCUT2D eigenvalue weighted by atomic mass is 16.5. The van der Waals surface area contributed by atoms with Crippen molar-refractivity contribution in [1.82, 2.24) is 10.2 Å². The fraction of sp³-hybridized carbons (Fsp3) is 0.579. The van der Waals surface area contributed by atoms with Crippen molar-refractivity contribution < 1.29 is 18.6 Å². The number of benzene rings is 1. The molecule has 1 saturated carbocycles. The van der Waals surface area contributed by atoms with Crippen LogP contribution < -0.4 is 9.47 Å². The molecule has 2 heterocycles. The van der Waals surface area contributed by atoms with Crippen molar-refractivity contribution in [3.05, 3.63) is 24.1 Å². The van der Waals surface area contributed by atoms with Gasteiger partial charge in [-0.1, -0.05) is 6.92 Å². The number of rotatable bonds is 6. The second-order valence-electron chi connectivity index (χ2n) is 6.89. The Labute approximate surface area is 147 Å². The SMILES string of the molecule is CCCOc1ccc(-c2nnc(C3CC34CCOCC4)o2)cc1OC. The van der Waals surface area contributed by atoms with Crippen molar-refractivity contribution in [3.8, 4) is 23.0 Å². The first-order valence-electron chi connectivity index (χ1n) is 8.98. The largest absolute Gasteiger partial charge is 0.493 e. The van der Waals surface area contributed by atoms with Gasteiger partial charge in [0.25, 0.3) is 0 Å². The predicted octanol–water partition coefficient (Wildman–Crippen LogP) is 3.82. The minimum absolute atomic E-state index is 0.331. The maximum absolute atomic E-state index is 5.98. The molecule has 1 aliphatic heterocycles. The molecule has 1 aromatic carbocycles. The van der Waals surface area contributed by atoms with Crippen LogP contribution >= 0.6 is 0 Å². The summed E-state index contributed by atoms with van der Waals surface area (Å²) in [6, 6.07) is 5.71. The van der Waals surface area contributed by atoms with Crippen LogP contribution in [-0.2, 0) is 4.74 Å². The lowest BCUT2D eigenvalue weighted by Gasteiger charge is -2.21. The molecule has 6 nitrogen and oxygen atoms in total. The monoisotopic (exact) mass is 344 g/mol. The summed E-state index contributed by atoms with van der Waals surface area (Å²) in [6.07, 6.45) is 4.26. The minimum Gasteiger partial charge on any atom is -0.493 e. The Bertz CT molecular complexity index is 737. The van der Waals surface area contributed by atoms with Crippen molar-refractivity contribution in [2.45, 2.75) is 38.5 Å². The van der Waals surface area contributed by atoms with Crippen LogP contribution in [0.3, 0.4) is 0 Å². The van der Waals surface area contributed by atoms with E-state index >= 15 is 0 Å². The smallest absolute Gasteiger partial charge is 0.247 e. The third kappa shape index (κ3) is 3.11. The van der Waals surface area contributed by atoms with Crippen LogP contribution in [0.5, 0.6) is 11.5 Å². The van der Waals surface area contributed by atoms with Gasteiger partial charge in [0, 0.05) is 24.7 Å². The Hall–Kier alpha value is -2.08. The zero-order valence-electron chi connectivity index (χ0n) is 14.8. The Morgan fingerprint density at radius 2 is 2.04 bits per heavy atom. The van der Waals surface area contributed by atoms with Crippen LogP contribution in [0.4, 0.5) is 0 Å². The summed E-state index contributed by atoms with van der Waals surface area (Å²) in [5.74, 6) is 3.08. The lowest BCUT2D eigenvalue weighted by Crippen LogP contribution is -2.18. The van der Waals surface area contributed by atoms with Gasteiger partial charge >= 0.3 is 0 Å². The van der Waals surface area contributed by atoms with E-state index in [0.717, 1.165) is 56.1 Å². The maximum Gasteiger partial charge on any atom is 0.247 e. The van der Waals surface area contributed by atoms with Gasteiger partial charge < -0.3 is 18.6 Å². The van der Waals surface area contributed by atoms with Gasteiger partial charge in [-0.3, -0.25) is 0 Å². The van der Waals surface area contributed by atoms with Crippen LogP contribution in [-0.4, -0.2) is 37.1 Å². The van der Waals surface area contributed by atoms with Crippen molar-refractivity contribution in [2.75, 3.05) is 26.9 Å². The topological polar surface area (TPSA) is 66.6 Å². The summed E-state index contributed by atoms with van der Waals surface area (Å²) in [4.78, 5) is 0. The molecule has 6 heteroatoms. The summed E-state index contributed by atoms with van der Waals surface area (Å²) in [5.41, 5.74) is 1.18. The van der Waals surface area contributed by atoms with E-state index in [1.54, 1.807) is 7.11 Å². The minimum atomic E-state index is 0.331. The van der Waals surface area contributed by atoms with E-state index in [0.29, 0.717) is 29.6 Å². The van der Waals surface area contributed by atoms with E-state index in [9.17, 15) is 0 Å². The van der Waals surface area contributed by atoms with Gasteiger partial charge in [-0.2, -0.15) is 0 Å². The molecule has 0 amide bonds. The molecule has 134 valence electrons. The summed E-state index contributed by atoms with van der Waals surface area (Å²) in [6.45, 7) is 4.42. The first kappa shape index (κ1) is 16.4. The molecule has 2 fully saturated rings. The number of hydrogen-bond acceptors (Lipinski definition) is 6. The lowest BCUT2D eigenvalue weighted by atomic mass is 9.94.